The number of carbonyl (C=O) groups is 2. The Bertz CT molecular complexity index is 728. The maximum absolute atomic E-state index is 12.8. The molecule has 0 N–H and O–H groups in total. The van der Waals surface area contributed by atoms with Crippen LogP contribution in [-0.2, 0) is 9.53 Å². The van der Waals surface area contributed by atoms with E-state index in [4.69, 9.17) is 9.47 Å². The van der Waals surface area contributed by atoms with Crippen LogP contribution in [0.1, 0.15) is 27.7 Å². The number of benzene rings is 1. The van der Waals surface area contributed by atoms with Crippen molar-refractivity contribution in [3.63, 3.8) is 0 Å². The van der Waals surface area contributed by atoms with E-state index in [9.17, 15) is 19.7 Å². The van der Waals surface area contributed by atoms with E-state index in [-0.39, 0.29) is 30.2 Å². The molecular formula is C17H23N3O6. The van der Waals surface area contributed by atoms with Crippen molar-refractivity contribution in [2.24, 2.45) is 0 Å². The summed E-state index contributed by atoms with van der Waals surface area (Å²) in [5, 5.41) is 11.5. The van der Waals surface area contributed by atoms with Crippen molar-refractivity contribution in [3.8, 4) is 5.75 Å². The highest BCUT2D eigenvalue weighted by atomic mass is 16.6. The van der Waals surface area contributed by atoms with Crippen LogP contribution in [-0.4, -0.2) is 53.7 Å². The van der Waals surface area contributed by atoms with Gasteiger partial charge in [0.15, 0.2) is 5.75 Å². The van der Waals surface area contributed by atoms with E-state index in [1.807, 2.05) is 0 Å². The second-order valence-corrected chi connectivity index (χ2v) is 6.92. The summed E-state index contributed by atoms with van der Waals surface area (Å²) in [6.45, 7) is 7.13. The monoisotopic (exact) mass is 365 g/mol. The van der Waals surface area contributed by atoms with Crippen LogP contribution in [0.4, 0.5) is 16.2 Å². The van der Waals surface area contributed by atoms with Gasteiger partial charge in [-0.3, -0.25) is 19.8 Å². The molecule has 1 aliphatic rings. The lowest BCUT2D eigenvalue weighted by molar-refractivity contribution is -0.385. The fraction of sp³-hybridized carbons (Fsp3) is 0.529. The predicted molar refractivity (Wildman–Crippen MR) is 94.4 cm³/mol. The molecule has 2 amide bonds. The Hall–Kier alpha value is -2.84. The van der Waals surface area contributed by atoms with Gasteiger partial charge in [0.1, 0.15) is 17.3 Å². The highest BCUT2D eigenvalue weighted by Gasteiger charge is 2.39. The number of amides is 2. The number of nitro benzene ring substituents is 1. The van der Waals surface area contributed by atoms with Gasteiger partial charge in [-0.25, -0.2) is 4.79 Å². The Morgan fingerprint density at radius 1 is 1.31 bits per heavy atom. The van der Waals surface area contributed by atoms with Gasteiger partial charge in [0.25, 0.3) is 0 Å². The molecule has 1 saturated heterocycles. The van der Waals surface area contributed by atoms with Gasteiger partial charge in [0.05, 0.1) is 12.0 Å². The van der Waals surface area contributed by atoms with Crippen molar-refractivity contribution in [1.82, 2.24) is 4.90 Å². The number of anilines is 1. The summed E-state index contributed by atoms with van der Waals surface area (Å²) in [7, 11) is 1.33. The Kier molecular flexibility index (Phi) is 5.38. The lowest BCUT2D eigenvalue weighted by Crippen LogP contribution is -2.58. The smallest absolute Gasteiger partial charge is 0.411 e. The van der Waals surface area contributed by atoms with Crippen LogP contribution in [0.15, 0.2) is 18.2 Å². The number of carbonyl (C=O) groups excluding carboxylic acids is 2. The molecule has 0 saturated carbocycles. The third kappa shape index (κ3) is 3.87. The number of hydrogen-bond donors (Lipinski definition) is 0. The minimum absolute atomic E-state index is 0.0718. The average molecular weight is 365 g/mol. The lowest BCUT2D eigenvalue weighted by atomic mass is 10.1. The van der Waals surface area contributed by atoms with Crippen LogP contribution < -0.4 is 9.64 Å². The van der Waals surface area contributed by atoms with Gasteiger partial charge in [-0.1, -0.05) is 6.07 Å². The molecule has 0 spiro atoms. The van der Waals surface area contributed by atoms with Gasteiger partial charge in [-0.2, -0.15) is 0 Å². The Balaban J connectivity index is 2.30. The minimum atomic E-state index is -0.801. The second-order valence-electron chi connectivity index (χ2n) is 6.92. The molecule has 1 unspecified atom stereocenters. The van der Waals surface area contributed by atoms with Crippen LogP contribution in [0.5, 0.6) is 5.75 Å². The Morgan fingerprint density at radius 2 is 1.96 bits per heavy atom. The lowest BCUT2D eigenvalue weighted by Gasteiger charge is -2.39. The molecule has 1 atom stereocenters. The largest absolute Gasteiger partial charge is 0.490 e. The summed E-state index contributed by atoms with van der Waals surface area (Å²) < 4.78 is 10.4. The van der Waals surface area contributed by atoms with Crippen molar-refractivity contribution in [2.45, 2.75) is 39.3 Å². The summed E-state index contributed by atoms with van der Waals surface area (Å²) in [5.74, 6) is -0.346. The predicted octanol–water partition coefficient (Wildman–Crippen LogP) is 2.58. The number of para-hydroxylation sites is 1. The zero-order valence-corrected chi connectivity index (χ0v) is 15.5. The first-order valence-corrected chi connectivity index (χ1v) is 8.19. The quantitative estimate of drug-likeness (QED) is 0.602. The first-order valence-electron chi connectivity index (χ1n) is 8.19. The van der Waals surface area contributed by atoms with E-state index < -0.39 is 28.6 Å². The fourth-order valence-corrected chi connectivity index (χ4v) is 2.76. The van der Waals surface area contributed by atoms with E-state index in [2.05, 4.69) is 0 Å². The van der Waals surface area contributed by atoms with Crippen molar-refractivity contribution < 1.29 is 24.0 Å². The number of piperazine rings is 1. The fourth-order valence-electron chi connectivity index (χ4n) is 2.76. The van der Waals surface area contributed by atoms with Gasteiger partial charge in [-0.15, -0.1) is 0 Å². The van der Waals surface area contributed by atoms with Gasteiger partial charge in [0.2, 0.25) is 5.91 Å². The standard InChI is InChI=1S/C17H23N3O6/c1-11-15(21)19(10-9-18(11)16(22)26-17(2,3)4)12-7-6-8-13(25-5)14(12)20(23)24/h6-8,11H,9-10H2,1-5H3. The van der Waals surface area contributed by atoms with Crippen molar-refractivity contribution in [2.75, 3.05) is 25.1 Å². The van der Waals surface area contributed by atoms with Crippen molar-refractivity contribution >= 4 is 23.4 Å². The Labute approximate surface area is 151 Å². The van der Waals surface area contributed by atoms with Crippen LogP contribution in [0, 0.1) is 10.1 Å². The number of methoxy groups -OCH3 is 1. The van der Waals surface area contributed by atoms with Crippen LogP contribution in [0.25, 0.3) is 0 Å². The maximum Gasteiger partial charge on any atom is 0.411 e. The molecule has 1 aromatic rings. The number of nitro groups is 1. The molecule has 26 heavy (non-hydrogen) atoms. The first kappa shape index (κ1) is 19.5. The number of hydrogen-bond acceptors (Lipinski definition) is 6. The van der Waals surface area contributed by atoms with Gasteiger partial charge in [-0.05, 0) is 39.8 Å². The zero-order valence-electron chi connectivity index (χ0n) is 15.5. The van der Waals surface area contributed by atoms with Crippen LogP contribution >= 0.6 is 0 Å². The van der Waals surface area contributed by atoms with Crippen molar-refractivity contribution in [3.05, 3.63) is 28.3 Å². The topological polar surface area (TPSA) is 102 Å². The van der Waals surface area contributed by atoms with E-state index in [0.717, 1.165) is 0 Å². The Morgan fingerprint density at radius 3 is 2.50 bits per heavy atom. The van der Waals surface area contributed by atoms with Crippen LogP contribution in [0.3, 0.4) is 0 Å². The maximum atomic E-state index is 12.8. The molecule has 0 bridgehead atoms. The first-order chi connectivity index (χ1) is 12.1. The molecular weight excluding hydrogens is 342 g/mol. The number of rotatable bonds is 3. The minimum Gasteiger partial charge on any atom is -0.490 e. The summed E-state index contributed by atoms with van der Waals surface area (Å²) in [5.41, 5.74) is -0.806. The molecule has 2 rings (SSSR count). The summed E-state index contributed by atoms with van der Waals surface area (Å²) >= 11 is 0. The SMILES string of the molecule is COc1cccc(N2CCN(C(=O)OC(C)(C)C)C(C)C2=O)c1[N+](=O)[O-]. The molecule has 9 nitrogen and oxygen atoms in total. The molecule has 0 aromatic heterocycles. The molecule has 1 aromatic carbocycles. The molecule has 0 radical (unpaired) electrons. The highest BCUT2D eigenvalue weighted by molar-refractivity contribution is 6.01. The molecule has 1 aliphatic heterocycles. The molecule has 1 fully saturated rings. The van der Waals surface area contributed by atoms with Crippen molar-refractivity contribution in [1.29, 1.82) is 0 Å². The molecule has 9 heteroatoms. The average Bonchev–Trinajstić information content (AvgIpc) is 2.54. The third-order valence-corrected chi connectivity index (χ3v) is 3.95. The summed E-state index contributed by atoms with van der Waals surface area (Å²) in [4.78, 5) is 38.6. The molecule has 142 valence electrons. The van der Waals surface area contributed by atoms with E-state index in [1.54, 1.807) is 33.8 Å². The molecule has 0 aliphatic carbocycles. The highest BCUT2D eigenvalue weighted by Crippen LogP contribution is 2.38. The summed E-state index contributed by atoms with van der Waals surface area (Å²) in [6, 6.07) is 3.74. The number of nitrogens with zero attached hydrogens (tertiary/aromatic N) is 3. The third-order valence-electron chi connectivity index (χ3n) is 3.95. The summed E-state index contributed by atoms with van der Waals surface area (Å²) in [6.07, 6.45) is -0.585. The van der Waals surface area contributed by atoms with E-state index in [1.165, 1.54) is 29.0 Å². The number of ether oxygens (including phenoxy) is 2. The second kappa shape index (κ2) is 7.19. The van der Waals surface area contributed by atoms with Gasteiger partial charge < -0.3 is 14.4 Å². The van der Waals surface area contributed by atoms with Crippen LogP contribution in [0.2, 0.25) is 0 Å². The van der Waals surface area contributed by atoms with E-state index in [0.29, 0.717) is 0 Å². The molecule has 1 heterocycles. The van der Waals surface area contributed by atoms with Gasteiger partial charge in [0, 0.05) is 13.1 Å². The van der Waals surface area contributed by atoms with Gasteiger partial charge >= 0.3 is 11.8 Å². The van der Waals surface area contributed by atoms with E-state index >= 15 is 0 Å². The normalized spacial score (nSPS) is 17.9. The zero-order chi connectivity index (χ0) is 19.6.